The first kappa shape index (κ1) is 12.0. The molecule has 0 saturated heterocycles. The molecule has 0 heterocycles. The summed E-state index contributed by atoms with van der Waals surface area (Å²) in [5.41, 5.74) is 0.945. The molecule has 2 N–H and O–H groups in total. The van der Waals surface area contributed by atoms with E-state index in [4.69, 9.17) is 5.11 Å². The van der Waals surface area contributed by atoms with Crippen molar-refractivity contribution in [3.63, 3.8) is 0 Å². The SMILES string of the molecule is COC(=O)NCCc1ccccc1C(=O)O. The van der Waals surface area contributed by atoms with Gasteiger partial charge in [0.15, 0.2) is 0 Å². The molecule has 86 valence electrons. The molecule has 5 nitrogen and oxygen atoms in total. The number of ether oxygens (including phenoxy) is 1. The first-order chi connectivity index (χ1) is 7.65. The molecule has 0 unspecified atom stereocenters. The van der Waals surface area contributed by atoms with Crippen molar-refractivity contribution in [2.45, 2.75) is 6.42 Å². The van der Waals surface area contributed by atoms with Gasteiger partial charge in [0.05, 0.1) is 12.7 Å². The molecule has 0 aromatic heterocycles. The second-order valence-corrected chi connectivity index (χ2v) is 3.13. The summed E-state index contributed by atoms with van der Waals surface area (Å²) in [5, 5.41) is 11.4. The first-order valence-corrected chi connectivity index (χ1v) is 4.78. The van der Waals surface area contributed by atoms with Gasteiger partial charge in [0.2, 0.25) is 0 Å². The molecule has 1 aromatic carbocycles. The van der Waals surface area contributed by atoms with E-state index in [1.807, 2.05) is 0 Å². The minimum absolute atomic E-state index is 0.258. The summed E-state index contributed by atoms with van der Waals surface area (Å²) >= 11 is 0. The van der Waals surface area contributed by atoms with E-state index in [0.717, 1.165) is 0 Å². The number of aromatic carboxylic acids is 1. The Kier molecular flexibility index (Phi) is 4.32. The summed E-state index contributed by atoms with van der Waals surface area (Å²) in [4.78, 5) is 21.6. The summed E-state index contributed by atoms with van der Waals surface area (Å²) in [7, 11) is 1.28. The lowest BCUT2D eigenvalue weighted by Crippen LogP contribution is -2.25. The summed E-state index contributed by atoms with van der Waals surface area (Å²) in [5.74, 6) is -0.964. The number of carbonyl (C=O) groups is 2. The molecule has 1 rings (SSSR count). The van der Waals surface area contributed by atoms with Crippen LogP contribution in [0.1, 0.15) is 15.9 Å². The van der Waals surface area contributed by atoms with Crippen LogP contribution in [0.25, 0.3) is 0 Å². The summed E-state index contributed by atoms with van der Waals surface area (Å²) < 4.78 is 4.40. The molecule has 0 bridgehead atoms. The predicted octanol–water partition coefficient (Wildman–Crippen LogP) is 1.28. The van der Waals surface area contributed by atoms with Crippen LogP contribution in [0.2, 0.25) is 0 Å². The third kappa shape index (κ3) is 3.27. The zero-order valence-corrected chi connectivity index (χ0v) is 8.90. The molecular weight excluding hydrogens is 210 g/mol. The summed E-state index contributed by atoms with van der Waals surface area (Å²) in [6.07, 6.45) is -0.0646. The number of carboxylic acids is 1. The van der Waals surface area contributed by atoms with Crippen molar-refractivity contribution < 1.29 is 19.4 Å². The molecule has 0 saturated carbocycles. The van der Waals surface area contributed by atoms with Gasteiger partial charge in [0, 0.05) is 6.54 Å². The molecule has 0 radical (unpaired) electrons. The lowest BCUT2D eigenvalue weighted by atomic mass is 10.1. The lowest BCUT2D eigenvalue weighted by Gasteiger charge is -2.06. The maximum atomic E-state index is 10.9. The van der Waals surface area contributed by atoms with Crippen LogP contribution in [0.15, 0.2) is 24.3 Å². The van der Waals surface area contributed by atoms with Crippen LogP contribution in [0.3, 0.4) is 0 Å². The van der Waals surface area contributed by atoms with Crippen molar-refractivity contribution in [1.29, 1.82) is 0 Å². The maximum Gasteiger partial charge on any atom is 0.406 e. The Balaban J connectivity index is 2.60. The van der Waals surface area contributed by atoms with Crippen LogP contribution in [-0.4, -0.2) is 30.8 Å². The number of hydrogen-bond donors (Lipinski definition) is 2. The van der Waals surface area contributed by atoms with Crippen LogP contribution in [0.5, 0.6) is 0 Å². The van der Waals surface area contributed by atoms with Gasteiger partial charge in [-0.1, -0.05) is 18.2 Å². The monoisotopic (exact) mass is 223 g/mol. The van der Waals surface area contributed by atoms with E-state index in [0.29, 0.717) is 18.5 Å². The van der Waals surface area contributed by atoms with Gasteiger partial charge in [0.25, 0.3) is 0 Å². The highest BCUT2D eigenvalue weighted by atomic mass is 16.5. The molecule has 0 spiro atoms. The fourth-order valence-corrected chi connectivity index (χ4v) is 1.32. The number of rotatable bonds is 4. The topological polar surface area (TPSA) is 75.6 Å². The van der Waals surface area contributed by atoms with Gasteiger partial charge in [-0.05, 0) is 18.1 Å². The average molecular weight is 223 g/mol. The third-order valence-electron chi connectivity index (χ3n) is 2.10. The Hall–Kier alpha value is -2.04. The van der Waals surface area contributed by atoms with Gasteiger partial charge in [-0.3, -0.25) is 0 Å². The van der Waals surface area contributed by atoms with Gasteiger partial charge in [-0.15, -0.1) is 0 Å². The van der Waals surface area contributed by atoms with Crippen LogP contribution in [0.4, 0.5) is 4.79 Å². The predicted molar refractivity (Wildman–Crippen MR) is 57.5 cm³/mol. The Bertz CT molecular complexity index is 389. The van der Waals surface area contributed by atoms with E-state index >= 15 is 0 Å². The van der Waals surface area contributed by atoms with Crippen molar-refractivity contribution in [2.24, 2.45) is 0 Å². The number of hydrogen-bond acceptors (Lipinski definition) is 3. The van der Waals surface area contributed by atoms with Crippen LogP contribution in [0, 0.1) is 0 Å². The molecule has 16 heavy (non-hydrogen) atoms. The van der Waals surface area contributed by atoms with Gasteiger partial charge in [0.1, 0.15) is 0 Å². The van der Waals surface area contributed by atoms with Crippen LogP contribution in [-0.2, 0) is 11.2 Å². The lowest BCUT2D eigenvalue weighted by molar-refractivity contribution is 0.0695. The fraction of sp³-hybridized carbons (Fsp3) is 0.273. The second kappa shape index (κ2) is 5.75. The van der Waals surface area contributed by atoms with Crippen LogP contribution < -0.4 is 5.32 Å². The Morgan fingerprint density at radius 2 is 2.06 bits per heavy atom. The van der Waals surface area contributed by atoms with Gasteiger partial charge < -0.3 is 15.2 Å². The number of methoxy groups -OCH3 is 1. The van der Waals surface area contributed by atoms with E-state index in [1.54, 1.807) is 18.2 Å². The molecule has 0 aliphatic heterocycles. The molecule has 0 aliphatic rings. The largest absolute Gasteiger partial charge is 0.478 e. The highest BCUT2D eigenvalue weighted by Crippen LogP contribution is 2.08. The average Bonchev–Trinajstić information content (AvgIpc) is 2.29. The summed E-state index contributed by atoms with van der Waals surface area (Å²) in [6.45, 7) is 0.344. The molecule has 1 amide bonds. The Morgan fingerprint density at radius 1 is 1.38 bits per heavy atom. The molecule has 0 aliphatic carbocycles. The number of alkyl carbamates (subject to hydrolysis) is 1. The summed E-state index contributed by atoms with van der Waals surface area (Å²) in [6, 6.07) is 6.69. The smallest absolute Gasteiger partial charge is 0.406 e. The number of carbonyl (C=O) groups excluding carboxylic acids is 1. The molecule has 0 fully saturated rings. The highest BCUT2D eigenvalue weighted by Gasteiger charge is 2.08. The van der Waals surface area contributed by atoms with E-state index < -0.39 is 12.1 Å². The van der Waals surface area contributed by atoms with Crippen molar-refractivity contribution in [3.8, 4) is 0 Å². The normalized spacial score (nSPS) is 9.56. The first-order valence-electron chi connectivity index (χ1n) is 4.78. The number of nitrogens with one attached hydrogen (secondary N) is 1. The number of benzene rings is 1. The molecule has 1 aromatic rings. The van der Waals surface area contributed by atoms with E-state index in [-0.39, 0.29) is 5.56 Å². The minimum Gasteiger partial charge on any atom is -0.478 e. The third-order valence-corrected chi connectivity index (χ3v) is 2.10. The van der Waals surface area contributed by atoms with E-state index in [1.165, 1.54) is 13.2 Å². The second-order valence-electron chi connectivity index (χ2n) is 3.13. The van der Waals surface area contributed by atoms with E-state index in [2.05, 4.69) is 10.1 Å². The maximum absolute atomic E-state index is 10.9. The molecule has 0 atom stereocenters. The number of amides is 1. The van der Waals surface area contributed by atoms with E-state index in [9.17, 15) is 9.59 Å². The zero-order chi connectivity index (χ0) is 12.0. The Labute approximate surface area is 93.0 Å². The Morgan fingerprint density at radius 3 is 2.69 bits per heavy atom. The van der Waals surface area contributed by atoms with Gasteiger partial charge >= 0.3 is 12.1 Å². The van der Waals surface area contributed by atoms with Gasteiger partial charge in [-0.25, -0.2) is 9.59 Å². The quantitative estimate of drug-likeness (QED) is 0.806. The van der Waals surface area contributed by atoms with Crippen molar-refractivity contribution in [2.75, 3.05) is 13.7 Å². The molecule has 5 heteroatoms. The van der Waals surface area contributed by atoms with Crippen molar-refractivity contribution in [1.82, 2.24) is 5.32 Å². The molecular formula is C11H13NO4. The standard InChI is InChI=1S/C11H13NO4/c1-16-11(15)12-7-6-8-4-2-3-5-9(8)10(13)14/h2-5H,6-7H2,1H3,(H,12,15)(H,13,14). The van der Waals surface area contributed by atoms with Crippen molar-refractivity contribution in [3.05, 3.63) is 35.4 Å². The zero-order valence-electron chi connectivity index (χ0n) is 8.90. The van der Waals surface area contributed by atoms with Crippen molar-refractivity contribution >= 4 is 12.1 Å². The minimum atomic E-state index is -0.964. The fourth-order valence-electron chi connectivity index (χ4n) is 1.32. The van der Waals surface area contributed by atoms with Gasteiger partial charge in [-0.2, -0.15) is 0 Å². The number of carboxylic acid groups (broad SMARTS) is 1. The highest BCUT2D eigenvalue weighted by molar-refractivity contribution is 5.89. The van der Waals surface area contributed by atoms with Crippen LogP contribution >= 0.6 is 0 Å².